The summed E-state index contributed by atoms with van der Waals surface area (Å²) >= 11 is 6.06. The Bertz CT molecular complexity index is 630. The maximum atomic E-state index is 12.3. The van der Waals surface area contributed by atoms with Gasteiger partial charge in [0.15, 0.2) is 0 Å². The molecule has 1 aliphatic heterocycles. The summed E-state index contributed by atoms with van der Waals surface area (Å²) in [7, 11) is 0. The number of fused-ring (bicyclic) bond motifs is 1. The van der Waals surface area contributed by atoms with Crippen molar-refractivity contribution in [1.82, 2.24) is 15.6 Å². The number of aromatic nitrogens is 1. The van der Waals surface area contributed by atoms with E-state index in [1.54, 1.807) is 12.3 Å². The second-order valence-corrected chi connectivity index (χ2v) is 5.13. The van der Waals surface area contributed by atoms with Crippen LogP contribution in [0.25, 0.3) is 10.9 Å². The highest BCUT2D eigenvalue weighted by molar-refractivity contribution is 6.32. The first-order valence-corrected chi connectivity index (χ1v) is 6.68. The first kappa shape index (κ1) is 18.0. The number of halogens is 3. The van der Waals surface area contributed by atoms with Crippen molar-refractivity contribution in [1.29, 1.82) is 0 Å². The van der Waals surface area contributed by atoms with Gasteiger partial charge in [0.1, 0.15) is 0 Å². The number of carbonyl (C=O) groups is 1. The highest BCUT2D eigenvalue weighted by atomic mass is 35.5. The fourth-order valence-electron chi connectivity index (χ4n) is 2.37. The largest absolute Gasteiger partial charge is 0.348 e. The van der Waals surface area contributed by atoms with Crippen LogP contribution in [0.5, 0.6) is 0 Å². The van der Waals surface area contributed by atoms with Crippen molar-refractivity contribution in [2.24, 2.45) is 0 Å². The van der Waals surface area contributed by atoms with Gasteiger partial charge in [-0.25, -0.2) is 0 Å². The van der Waals surface area contributed by atoms with E-state index in [4.69, 9.17) is 11.6 Å². The number of hydrogen-bond acceptors (Lipinski definition) is 3. The molecule has 0 saturated carbocycles. The standard InChI is InChI=1S/C14H14ClN3O.2ClH/c15-10-6-9-2-1-4-17-13(9)12(7-10)14(19)18-11-3-5-16-8-11;;/h1-2,4,6-7,11,16H,3,5,8H2,(H,18,19);2*1H. The molecule has 1 aromatic heterocycles. The number of nitrogens with one attached hydrogen (secondary N) is 2. The molecule has 1 aliphatic rings. The molecule has 0 bridgehead atoms. The average molecular weight is 349 g/mol. The van der Waals surface area contributed by atoms with Crippen molar-refractivity contribution in [3.63, 3.8) is 0 Å². The van der Waals surface area contributed by atoms with Crippen molar-refractivity contribution in [2.75, 3.05) is 13.1 Å². The van der Waals surface area contributed by atoms with Crippen molar-refractivity contribution in [3.05, 3.63) is 41.0 Å². The molecule has 1 unspecified atom stereocenters. The molecule has 114 valence electrons. The Morgan fingerprint density at radius 2 is 2.19 bits per heavy atom. The third-order valence-electron chi connectivity index (χ3n) is 3.31. The van der Waals surface area contributed by atoms with Gasteiger partial charge >= 0.3 is 0 Å². The summed E-state index contributed by atoms with van der Waals surface area (Å²) in [5.74, 6) is -0.111. The van der Waals surface area contributed by atoms with E-state index in [1.165, 1.54) is 0 Å². The molecule has 1 amide bonds. The minimum absolute atomic E-state index is 0. The van der Waals surface area contributed by atoms with E-state index >= 15 is 0 Å². The second-order valence-electron chi connectivity index (χ2n) is 4.69. The summed E-state index contributed by atoms with van der Waals surface area (Å²) in [5.41, 5.74) is 1.23. The molecule has 0 radical (unpaired) electrons. The molecule has 0 spiro atoms. The summed E-state index contributed by atoms with van der Waals surface area (Å²) in [5, 5.41) is 7.67. The van der Waals surface area contributed by atoms with E-state index in [9.17, 15) is 4.79 Å². The lowest BCUT2D eigenvalue weighted by Gasteiger charge is -2.12. The van der Waals surface area contributed by atoms with Crippen LogP contribution in [0.15, 0.2) is 30.5 Å². The van der Waals surface area contributed by atoms with Crippen LogP contribution in [0.2, 0.25) is 5.02 Å². The highest BCUT2D eigenvalue weighted by Gasteiger charge is 2.19. The van der Waals surface area contributed by atoms with Crippen LogP contribution in [0.3, 0.4) is 0 Å². The zero-order chi connectivity index (χ0) is 13.2. The Morgan fingerprint density at radius 1 is 1.38 bits per heavy atom. The number of benzene rings is 1. The molecule has 7 heteroatoms. The Kier molecular flexibility index (Phi) is 6.68. The normalized spacial score (nSPS) is 16.9. The number of amides is 1. The fourth-order valence-corrected chi connectivity index (χ4v) is 2.60. The van der Waals surface area contributed by atoms with Gasteiger partial charge in [-0.05, 0) is 31.2 Å². The topological polar surface area (TPSA) is 54.0 Å². The maximum absolute atomic E-state index is 12.3. The lowest BCUT2D eigenvalue weighted by Crippen LogP contribution is -2.36. The number of nitrogens with zero attached hydrogens (tertiary/aromatic N) is 1. The number of hydrogen-bond donors (Lipinski definition) is 2. The molecule has 2 aromatic rings. The number of pyridine rings is 1. The Balaban J connectivity index is 0.00000110. The second kappa shape index (κ2) is 7.80. The average Bonchev–Trinajstić information content (AvgIpc) is 2.90. The van der Waals surface area contributed by atoms with Crippen LogP contribution in [0.4, 0.5) is 0 Å². The van der Waals surface area contributed by atoms with E-state index in [0.29, 0.717) is 16.1 Å². The summed E-state index contributed by atoms with van der Waals surface area (Å²) in [6.45, 7) is 1.76. The van der Waals surface area contributed by atoms with Crippen LogP contribution in [-0.4, -0.2) is 30.0 Å². The minimum atomic E-state index is -0.111. The molecular weight excluding hydrogens is 333 g/mol. The minimum Gasteiger partial charge on any atom is -0.348 e. The quantitative estimate of drug-likeness (QED) is 0.877. The predicted molar refractivity (Wildman–Crippen MR) is 90.0 cm³/mol. The molecule has 21 heavy (non-hydrogen) atoms. The van der Waals surface area contributed by atoms with Gasteiger partial charge in [-0.15, -0.1) is 24.8 Å². The zero-order valence-corrected chi connectivity index (χ0v) is 13.5. The molecule has 0 aliphatic carbocycles. The molecular formula is C14H16Cl3N3O. The summed E-state index contributed by atoms with van der Waals surface area (Å²) in [4.78, 5) is 16.6. The first-order chi connectivity index (χ1) is 9.24. The number of rotatable bonds is 2. The van der Waals surface area contributed by atoms with Crippen LogP contribution >= 0.6 is 36.4 Å². The van der Waals surface area contributed by atoms with Crippen LogP contribution in [0.1, 0.15) is 16.8 Å². The Labute approximate surface area is 140 Å². The first-order valence-electron chi connectivity index (χ1n) is 6.30. The monoisotopic (exact) mass is 347 g/mol. The van der Waals surface area contributed by atoms with Gasteiger partial charge < -0.3 is 10.6 Å². The van der Waals surface area contributed by atoms with Gasteiger partial charge in [-0.2, -0.15) is 0 Å². The van der Waals surface area contributed by atoms with Crippen molar-refractivity contribution < 1.29 is 4.79 Å². The van der Waals surface area contributed by atoms with Crippen LogP contribution in [0, 0.1) is 0 Å². The van der Waals surface area contributed by atoms with E-state index in [2.05, 4.69) is 15.6 Å². The number of carbonyl (C=O) groups excluding carboxylic acids is 1. The molecule has 4 nitrogen and oxygen atoms in total. The van der Waals surface area contributed by atoms with E-state index < -0.39 is 0 Å². The van der Waals surface area contributed by atoms with Gasteiger partial charge in [-0.1, -0.05) is 17.7 Å². The molecule has 2 heterocycles. The Morgan fingerprint density at radius 3 is 2.90 bits per heavy atom. The predicted octanol–water partition coefficient (Wildman–Crippen LogP) is 2.82. The molecule has 2 N–H and O–H groups in total. The van der Waals surface area contributed by atoms with Gasteiger partial charge in [0, 0.05) is 29.2 Å². The smallest absolute Gasteiger partial charge is 0.253 e. The SMILES string of the molecule is Cl.Cl.O=C(NC1CCNC1)c1cc(Cl)cc2cccnc12. The third-order valence-corrected chi connectivity index (χ3v) is 3.53. The summed E-state index contributed by atoms with van der Waals surface area (Å²) in [6, 6.07) is 7.42. The van der Waals surface area contributed by atoms with Gasteiger partial charge in [0.05, 0.1) is 11.1 Å². The van der Waals surface area contributed by atoms with Gasteiger partial charge in [0.25, 0.3) is 5.91 Å². The highest BCUT2D eigenvalue weighted by Crippen LogP contribution is 2.22. The van der Waals surface area contributed by atoms with E-state index in [1.807, 2.05) is 18.2 Å². The van der Waals surface area contributed by atoms with E-state index in [0.717, 1.165) is 24.9 Å². The molecule has 3 rings (SSSR count). The van der Waals surface area contributed by atoms with Crippen molar-refractivity contribution in [3.8, 4) is 0 Å². The zero-order valence-electron chi connectivity index (χ0n) is 11.1. The lowest BCUT2D eigenvalue weighted by atomic mass is 10.1. The maximum Gasteiger partial charge on any atom is 0.253 e. The fraction of sp³-hybridized carbons (Fsp3) is 0.286. The van der Waals surface area contributed by atoms with Crippen molar-refractivity contribution in [2.45, 2.75) is 12.5 Å². The molecule has 1 atom stereocenters. The molecule has 1 fully saturated rings. The summed E-state index contributed by atoms with van der Waals surface area (Å²) < 4.78 is 0. The van der Waals surface area contributed by atoms with Gasteiger partial charge in [-0.3, -0.25) is 9.78 Å². The van der Waals surface area contributed by atoms with Gasteiger partial charge in [0.2, 0.25) is 0 Å². The third kappa shape index (κ3) is 3.98. The van der Waals surface area contributed by atoms with E-state index in [-0.39, 0.29) is 36.8 Å². The summed E-state index contributed by atoms with van der Waals surface area (Å²) in [6.07, 6.45) is 2.64. The Hall–Kier alpha value is -1.07. The van der Waals surface area contributed by atoms with Crippen LogP contribution in [-0.2, 0) is 0 Å². The molecule has 1 aromatic carbocycles. The lowest BCUT2D eigenvalue weighted by molar-refractivity contribution is 0.0941. The molecule has 1 saturated heterocycles. The van der Waals surface area contributed by atoms with Crippen molar-refractivity contribution >= 4 is 53.2 Å². The van der Waals surface area contributed by atoms with Crippen LogP contribution < -0.4 is 10.6 Å².